The average molecular weight is 284 g/mol. The van der Waals surface area contributed by atoms with Gasteiger partial charge in [0.1, 0.15) is 6.33 Å². The van der Waals surface area contributed by atoms with Gasteiger partial charge < -0.3 is 0 Å². The Kier molecular flexibility index (Phi) is 2.67. The van der Waals surface area contributed by atoms with Crippen molar-refractivity contribution < 1.29 is 0 Å². The number of aryl methyl sites for hydroxylation is 1. The fraction of sp³-hybridized carbons (Fsp3) is 0.0556. The van der Waals surface area contributed by atoms with Crippen LogP contribution >= 0.6 is 0 Å². The zero-order chi connectivity index (χ0) is 15.1. The van der Waals surface area contributed by atoms with Gasteiger partial charge in [-0.3, -0.25) is 0 Å². The standard InChI is InChI=1S/C18H12N4/c1-12-17(14-8-6-13(10-19)7-9-14)21-22-11-20-16-5-3-2-4-15(16)18(12)22/h2-9,11H,1H3. The number of hydrogen-bond acceptors (Lipinski definition) is 3. The first-order valence-corrected chi connectivity index (χ1v) is 7.01. The molecule has 0 fully saturated rings. The highest BCUT2D eigenvalue weighted by molar-refractivity contribution is 5.96. The van der Waals surface area contributed by atoms with E-state index in [2.05, 4.69) is 29.1 Å². The van der Waals surface area contributed by atoms with Gasteiger partial charge in [0.15, 0.2) is 0 Å². The molecule has 2 heterocycles. The summed E-state index contributed by atoms with van der Waals surface area (Å²) in [5, 5.41) is 14.7. The maximum atomic E-state index is 8.91. The molecule has 4 aromatic rings. The van der Waals surface area contributed by atoms with Crippen molar-refractivity contribution in [3.8, 4) is 17.3 Å². The first kappa shape index (κ1) is 12.5. The number of nitrogens with zero attached hydrogens (tertiary/aromatic N) is 4. The maximum Gasteiger partial charge on any atom is 0.118 e. The van der Waals surface area contributed by atoms with Crippen molar-refractivity contribution in [2.45, 2.75) is 6.92 Å². The SMILES string of the molecule is Cc1c(-c2ccc(C#N)cc2)nn2cnc3ccccc3c12. The first-order chi connectivity index (χ1) is 10.8. The van der Waals surface area contributed by atoms with E-state index in [1.807, 2.05) is 47.0 Å². The third-order valence-corrected chi connectivity index (χ3v) is 3.90. The van der Waals surface area contributed by atoms with Crippen LogP contribution in [0.25, 0.3) is 27.7 Å². The molecule has 4 nitrogen and oxygen atoms in total. The minimum absolute atomic E-state index is 0.650. The molecule has 104 valence electrons. The molecule has 0 bridgehead atoms. The van der Waals surface area contributed by atoms with Crippen LogP contribution in [0.4, 0.5) is 0 Å². The van der Waals surface area contributed by atoms with Crippen LogP contribution in [0.3, 0.4) is 0 Å². The van der Waals surface area contributed by atoms with Crippen molar-refractivity contribution in [1.29, 1.82) is 5.26 Å². The second kappa shape index (κ2) is 4.68. The highest BCUT2D eigenvalue weighted by atomic mass is 15.2. The Morgan fingerprint density at radius 2 is 1.82 bits per heavy atom. The van der Waals surface area contributed by atoms with Gasteiger partial charge in [0.25, 0.3) is 0 Å². The highest BCUT2D eigenvalue weighted by Gasteiger charge is 2.13. The van der Waals surface area contributed by atoms with Crippen molar-refractivity contribution in [2.24, 2.45) is 0 Å². The molecule has 4 rings (SSSR count). The van der Waals surface area contributed by atoms with Gasteiger partial charge in [0.2, 0.25) is 0 Å². The monoisotopic (exact) mass is 284 g/mol. The van der Waals surface area contributed by atoms with Crippen LogP contribution < -0.4 is 0 Å². The molecule has 0 atom stereocenters. The Hall–Kier alpha value is -3.19. The summed E-state index contributed by atoms with van der Waals surface area (Å²) < 4.78 is 1.82. The molecule has 2 aromatic heterocycles. The molecule has 0 aliphatic heterocycles. The molecule has 0 saturated carbocycles. The number of benzene rings is 2. The predicted molar refractivity (Wildman–Crippen MR) is 85.4 cm³/mol. The lowest BCUT2D eigenvalue weighted by Gasteiger charge is -2.00. The van der Waals surface area contributed by atoms with Crippen molar-refractivity contribution in [1.82, 2.24) is 14.6 Å². The number of nitriles is 1. The summed E-state index contributed by atoms with van der Waals surface area (Å²) in [5.41, 5.74) is 5.72. The number of fused-ring (bicyclic) bond motifs is 3. The number of hydrogen-bond donors (Lipinski definition) is 0. The molecule has 0 amide bonds. The fourth-order valence-electron chi connectivity index (χ4n) is 2.81. The van der Waals surface area contributed by atoms with Crippen LogP contribution in [0, 0.1) is 18.3 Å². The maximum absolute atomic E-state index is 8.91. The first-order valence-electron chi connectivity index (χ1n) is 7.01. The topological polar surface area (TPSA) is 54.0 Å². The van der Waals surface area contributed by atoms with Gasteiger partial charge in [-0.25, -0.2) is 9.50 Å². The van der Waals surface area contributed by atoms with E-state index in [1.54, 1.807) is 6.33 Å². The predicted octanol–water partition coefficient (Wildman–Crippen LogP) is 3.73. The van der Waals surface area contributed by atoms with Crippen molar-refractivity contribution in [3.05, 3.63) is 66.0 Å². The Morgan fingerprint density at radius 1 is 1.05 bits per heavy atom. The molecule has 0 radical (unpaired) electrons. The van der Waals surface area contributed by atoms with Crippen LogP contribution in [0.2, 0.25) is 0 Å². The van der Waals surface area contributed by atoms with Crippen molar-refractivity contribution >= 4 is 16.4 Å². The van der Waals surface area contributed by atoms with Crippen molar-refractivity contribution in [3.63, 3.8) is 0 Å². The van der Waals surface area contributed by atoms with E-state index in [0.717, 1.165) is 33.2 Å². The third-order valence-electron chi connectivity index (χ3n) is 3.90. The number of aromatic nitrogens is 3. The lowest BCUT2D eigenvalue weighted by Crippen LogP contribution is -1.90. The quantitative estimate of drug-likeness (QED) is 0.535. The smallest absolute Gasteiger partial charge is 0.118 e. The van der Waals surface area contributed by atoms with Gasteiger partial charge in [-0.15, -0.1) is 0 Å². The molecule has 0 aliphatic rings. The molecular weight excluding hydrogens is 272 g/mol. The lowest BCUT2D eigenvalue weighted by molar-refractivity contribution is 0.938. The Labute approximate surface area is 127 Å². The number of rotatable bonds is 1. The Morgan fingerprint density at radius 3 is 2.59 bits per heavy atom. The fourth-order valence-corrected chi connectivity index (χ4v) is 2.81. The Balaban J connectivity index is 2.01. The van der Waals surface area contributed by atoms with Gasteiger partial charge in [0, 0.05) is 16.5 Å². The molecule has 4 heteroatoms. The third kappa shape index (κ3) is 1.76. The summed E-state index contributed by atoms with van der Waals surface area (Å²) in [6.45, 7) is 2.07. The molecule has 0 N–H and O–H groups in total. The summed E-state index contributed by atoms with van der Waals surface area (Å²) >= 11 is 0. The molecule has 0 aliphatic carbocycles. The van der Waals surface area contributed by atoms with Gasteiger partial charge in [-0.2, -0.15) is 10.4 Å². The van der Waals surface area contributed by atoms with E-state index in [-0.39, 0.29) is 0 Å². The summed E-state index contributed by atoms with van der Waals surface area (Å²) in [4.78, 5) is 4.44. The average Bonchev–Trinajstić information content (AvgIpc) is 2.92. The van der Waals surface area contributed by atoms with Gasteiger partial charge in [-0.1, -0.05) is 30.3 Å². The van der Waals surface area contributed by atoms with Gasteiger partial charge in [0.05, 0.1) is 28.4 Å². The molecule has 0 unspecified atom stereocenters. The van der Waals surface area contributed by atoms with E-state index in [9.17, 15) is 0 Å². The van der Waals surface area contributed by atoms with E-state index in [4.69, 9.17) is 5.26 Å². The van der Waals surface area contributed by atoms with E-state index >= 15 is 0 Å². The minimum Gasteiger partial charge on any atom is -0.236 e. The van der Waals surface area contributed by atoms with Crippen LogP contribution in [0.5, 0.6) is 0 Å². The van der Waals surface area contributed by atoms with Crippen LogP contribution in [-0.4, -0.2) is 14.6 Å². The zero-order valence-electron chi connectivity index (χ0n) is 12.0. The zero-order valence-corrected chi connectivity index (χ0v) is 12.0. The summed E-state index contributed by atoms with van der Waals surface area (Å²) in [7, 11) is 0. The summed E-state index contributed by atoms with van der Waals surface area (Å²) in [6, 6.07) is 17.7. The van der Waals surface area contributed by atoms with Crippen LogP contribution in [0.15, 0.2) is 54.9 Å². The van der Waals surface area contributed by atoms with Gasteiger partial charge in [-0.05, 0) is 25.1 Å². The summed E-state index contributed by atoms with van der Waals surface area (Å²) in [6.07, 6.45) is 1.75. The molecule has 22 heavy (non-hydrogen) atoms. The largest absolute Gasteiger partial charge is 0.236 e. The second-order valence-corrected chi connectivity index (χ2v) is 5.22. The highest BCUT2D eigenvalue weighted by Crippen LogP contribution is 2.29. The molecule has 0 saturated heterocycles. The lowest BCUT2D eigenvalue weighted by atomic mass is 10.0. The second-order valence-electron chi connectivity index (χ2n) is 5.22. The normalized spacial score (nSPS) is 10.9. The molecule has 0 spiro atoms. The Bertz CT molecular complexity index is 1040. The number of para-hydroxylation sites is 1. The van der Waals surface area contributed by atoms with Gasteiger partial charge >= 0.3 is 0 Å². The minimum atomic E-state index is 0.650. The molecule has 2 aromatic carbocycles. The molecular formula is C18H12N4. The van der Waals surface area contributed by atoms with E-state index < -0.39 is 0 Å². The van der Waals surface area contributed by atoms with Crippen LogP contribution in [0.1, 0.15) is 11.1 Å². The van der Waals surface area contributed by atoms with Crippen molar-refractivity contribution in [2.75, 3.05) is 0 Å². The van der Waals surface area contributed by atoms with E-state index in [1.165, 1.54) is 0 Å². The summed E-state index contributed by atoms with van der Waals surface area (Å²) in [5.74, 6) is 0. The van der Waals surface area contributed by atoms with E-state index in [0.29, 0.717) is 5.56 Å². The van der Waals surface area contributed by atoms with Crippen LogP contribution in [-0.2, 0) is 0 Å².